The van der Waals surface area contributed by atoms with Crippen LogP contribution >= 0.6 is 0 Å². The molecule has 6 nitrogen and oxygen atoms in total. The second-order valence-corrected chi connectivity index (χ2v) is 10.0. The van der Waals surface area contributed by atoms with E-state index in [1.54, 1.807) is 0 Å². The smallest absolute Gasteiger partial charge is 0.306 e. The highest BCUT2D eigenvalue weighted by atomic mass is 16.7. The summed E-state index contributed by atoms with van der Waals surface area (Å²) in [7, 11) is 0. The normalized spacial score (nSPS) is 25.5. The molecule has 0 spiro atoms. The molecular formula is C28H35N3O3. The Balaban J connectivity index is 1.16. The molecule has 34 heavy (non-hydrogen) atoms. The predicted octanol–water partition coefficient (Wildman–Crippen LogP) is 5.45. The number of hydroxylamine groups is 1. The zero-order chi connectivity index (χ0) is 23.3. The van der Waals surface area contributed by atoms with Crippen LogP contribution in [-0.4, -0.2) is 23.0 Å². The van der Waals surface area contributed by atoms with Gasteiger partial charge in [-0.25, -0.2) is 15.3 Å². The van der Waals surface area contributed by atoms with E-state index in [0.29, 0.717) is 12.3 Å². The Kier molecular flexibility index (Phi) is 7.26. The highest BCUT2D eigenvalue weighted by molar-refractivity contribution is 5.98. The molecule has 5 rings (SSSR count). The minimum Gasteiger partial charge on any atom is -0.481 e. The molecule has 1 aliphatic heterocycles. The van der Waals surface area contributed by atoms with E-state index in [0.717, 1.165) is 42.8 Å². The summed E-state index contributed by atoms with van der Waals surface area (Å²) < 4.78 is 0. The fraction of sp³-hybridized carbons (Fsp3) is 0.500. The van der Waals surface area contributed by atoms with Crippen molar-refractivity contribution >= 4 is 11.8 Å². The molecule has 0 amide bonds. The van der Waals surface area contributed by atoms with E-state index in [1.165, 1.54) is 43.2 Å². The van der Waals surface area contributed by atoms with Crippen LogP contribution in [0.25, 0.3) is 0 Å². The summed E-state index contributed by atoms with van der Waals surface area (Å²) in [6.45, 7) is 0.740. The van der Waals surface area contributed by atoms with E-state index in [2.05, 4.69) is 59.3 Å². The number of benzene rings is 2. The van der Waals surface area contributed by atoms with Crippen LogP contribution in [-0.2, 0) is 16.2 Å². The summed E-state index contributed by atoms with van der Waals surface area (Å²) >= 11 is 0. The molecule has 3 unspecified atom stereocenters. The minimum absolute atomic E-state index is 0.212. The fourth-order valence-corrected chi connectivity index (χ4v) is 5.57. The van der Waals surface area contributed by atoms with Crippen LogP contribution in [0.15, 0.2) is 53.5 Å². The molecule has 2 aromatic carbocycles. The van der Waals surface area contributed by atoms with Gasteiger partial charge in [-0.15, -0.1) is 0 Å². The van der Waals surface area contributed by atoms with Gasteiger partial charge in [0, 0.05) is 23.7 Å². The molecule has 0 aromatic heterocycles. The van der Waals surface area contributed by atoms with Crippen molar-refractivity contribution in [2.45, 2.75) is 82.5 Å². The van der Waals surface area contributed by atoms with Crippen LogP contribution < -0.4 is 10.8 Å². The monoisotopic (exact) mass is 461 g/mol. The Morgan fingerprint density at radius 2 is 1.68 bits per heavy atom. The zero-order valence-electron chi connectivity index (χ0n) is 19.7. The molecule has 0 radical (unpaired) electrons. The Morgan fingerprint density at radius 1 is 0.941 bits per heavy atom. The number of hydrogen-bond donors (Lipinski definition) is 3. The zero-order valence-corrected chi connectivity index (χ0v) is 19.7. The summed E-state index contributed by atoms with van der Waals surface area (Å²) in [5.74, 6) is 0.574. The van der Waals surface area contributed by atoms with Crippen molar-refractivity contribution in [2.24, 2.45) is 10.9 Å². The van der Waals surface area contributed by atoms with E-state index in [1.807, 2.05) is 0 Å². The maximum absolute atomic E-state index is 11.3. The molecule has 3 N–H and O–H groups in total. The molecule has 180 valence electrons. The van der Waals surface area contributed by atoms with Crippen molar-refractivity contribution in [1.82, 2.24) is 10.8 Å². The first-order chi connectivity index (χ1) is 16.7. The first kappa shape index (κ1) is 23.1. The molecule has 0 bridgehead atoms. The van der Waals surface area contributed by atoms with Crippen molar-refractivity contribution in [3.8, 4) is 0 Å². The number of nitrogens with zero attached hydrogens (tertiary/aromatic N) is 1. The van der Waals surface area contributed by atoms with Crippen molar-refractivity contribution in [3.05, 3.63) is 70.8 Å². The van der Waals surface area contributed by atoms with Crippen LogP contribution in [0.4, 0.5) is 0 Å². The standard InChI is InChI=1S/C28H35N3O3/c32-28(33)24-7-4-8-25(17-24)29-18-19-9-11-22(12-10-19)26-30-27(34-31-26)23-15-13-21(14-16-23)20-5-2-1-3-6-20/h9-16,20,24-25,27,29H,1-8,17-18H2,(H,30,31)(H,32,33). The Bertz CT molecular complexity index is 997. The van der Waals surface area contributed by atoms with Crippen LogP contribution in [0.5, 0.6) is 0 Å². The number of carboxylic acid groups (broad SMARTS) is 1. The van der Waals surface area contributed by atoms with Gasteiger partial charge in [-0.1, -0.05) is 74.2 Å². The van der Waals surface area contributed by atoms with Crippen molar-refractivity contribution in [3.63, 3.8) is 0 Å². The highest BCUT2D eigenvalue weighted by Gasteiger charge is 2.26. The van der Waals surface area contributed by atoms with Gasteiger partial charge in [-0.2, -0.15) is 0 Å². The maximum atomic E-state index is 11.3. The summed E-state index contributed by atoms with van der Waals surface area (Å²) in [6.07, 6.45) is 9.87. The maximum Gasteiger partial charge on any atom is 0.306 e. The Labute approximate surface area is 201 Å². The summed E-state index contributed by atoms with van der Waals surface area (Å²) in [5.41, 5.74) is 7.67. The lowest BCUT2D eigenvalue weighted by Crippen LogP contribution is -2.36. The lowest BCUT2D eigenvalue weighted by atomic mass is 9.84. The molecule has 2 fully saturated rings. The topological polar surface area (TPSA) is 83.0 Å². The van der Waals surface area contributed by atoms with E-state index in [4.69, 9.17) is 9.83 Å². The van der Waals surface area contributed by atoms with Crippen LogP contribution in [0.2, 0.25) is 0 Å². The summed E-state index contributed by atoms with van der Waals surface area (Å²) in [4.78, 5) is 21.8. The third-order valence-corrected chi connectivity index (χ3v) is 7.66. The molecule has 2 aromatic rings. The Hall–Kier alpha value is -2.70. The highest BCUT2D eigenvalue weighted by Crippen LogP contribution is 2.33. The van der Waals surface area contributed by atoms with Gasteiger partial charge in [0.25, 0.3) is 0 Å². The van der Waals surface area contributed by atoms with Crippen LogP contribution in [0, 0.1) is 5.92 Å². The Morgan fingerprint density at radius 3 is 2.41 bits per heavy atom. The molecule has 1 heterocycles. The lowest BCUT2D eigenvalue weighted by molar-refractivity contribution is -0.143. The molecule has 2 aliphatic carbocycles. The number of amidine groups is 1. The van der Waals surface area contributed by atoms with Gasteiger partial charge < -0.3 is 10.4 Å². The van der Waals surface area contributed by atoms with E-state index in [-0.39, 0.29) is 18.2 Å². The van der Waals surface area contributed by atoms with Gasteiger partial charge in [-0.3, -0.25) is 4.79 Å². The van der Waals surface area contributed by atoms with Crippen molar-refractivity contribution < 1.29 is 14.7 Å². The number of aliphatic carboxylic acids is 1. The largest absolute Gasteiger partial charge is 0.481 e. The second kappa shape index (κ2) is 10.7. The summed E-state index contributed by atoms with van der Waals surface area (Å²) in [6, 6.07) is 17.4. The first-order valence-electron chi connectivity index (χ1n) is 12.8. The van der Waals surface area contributed by atoms with E-state index >= 15 is 0 Å². The van der Waals surface area contributed by atoms with Crippen LogP contribution in [0.3, 0.4) is 0 Å². The number of aliphatic imine (C=N–C) groups is 1. The number of carboxylic acids is 1. The average Bonchev–Trinajstić information content (AvgIpc) is 3.39. The molecule has 2 saturated carbocycles. The summed E-state index contributed by atoms with van der Waals surface area (Å²) in [5, 5.41) is 12.8. The molecular weight excluding hydrogens is 426 g/mol. The first-order valence-corrected chi connectivity index (χ1v) is 12.8. The second-order valence-electron chi connectivity index (χ2n) is 10.0. The minimum atomic E-state index is -0.665. The molecule has 0 saturated heterocycles. The predicted molar refractivity (Wildman–Crippen MR) is 132 cm³/mol. The number of rotatable bonds is 7. The number of hydrogen-bond acceptors (Lipinski definition) is 5. The fourth-order valence-electron chi connectivity index (χ4n) is 5.57. The van der Waals surface area contributed by atoms with Crippen LogP contribution in [0.1, 0.15) is 92.2 Å². The molecule has 6 heteroatoms. The quantitative estimate of drug-likeness (QED) is 0.511. The van der Waals surface area contributed by atoms with E-state index < -0.39 is 5.97 Å². The third-order valence-electron chi connectivity index (χ3n) is 7.66. The number of nitrogens with one attached hydrogen (secondary N) is 2. The van der Waals surface area contributed by atoms with Crippen molar-refractivity contribution in [1.29, 1.82) is 0 Å². The SMILES string of the molecule is O=C(O)C1CCCC(NCc2ccc(C3=NC(c4ccc(C5CCCCC5)cc4)ON3)cc2)C1. The van der Waals surface area contributed by atoms with Gasteiger partial charge in [0.1, 0.15) is 0 Å². The average molecular weight is 462 g/mol. The van der Waals surface area contributed by atoms with Gasteiger partial charge >= 0.3 is 5.97 Å². The third kappa shape index (κ3) is 5.50. The van der Waals surface area contributed by atoms with Gasteiger partial charge in [0.05, 0.1) is 5.92 Å². The lowest BCUT2D eigenvalue weighted by Gasteiger charge is -2.27. The van der Waals surface area contributed by atoms with Gasteiger partial charge in [0.2, 0.25) is 6.23 Å². The van der Waals surface area contributed by atoms with Crippen molar-refractivity contribution in [2.75, 3.05) is 0 Å². The van der Waals surface area contributed by atoms with Gasteiger partial charge in [0.15, 0.2) is 5.84 Å². The molecule has 3 aliphatic rings. The van der Waals surface area contributed by atoms with Gasteiger partial charge in [-0.05, 0) is 49.1 Å². The van der Waals surface area contributed by atoms with E-state index in [9.17, 15) is 9.90 Å². The molecule has 3 atom stereocenters. The number of carbonyl (C=O) groups is 1.